The minimum absolute atomic E-state index is 0.0949. The Labute approximate surface area is 121 Å². The van der Waals surface area contributed by atoms with Crippen molar-refractivity contribution in [2.24, 2.45) is 5.92 Å². The summed E-state index contributed by atoms with van der Waals surface area (Å²) < 4.78 is 32.7. The van der Waals surface area contributed by atoms with Gasteiger partial charge >= 0.3 is 0 Å². The average Bonchev–Trinajstić information content (AvgIpc) is 2.81. The first-order chi connectivity index (χ1) is 9.56. The second kappa shape index (κ2) is 5.53. The molecular formula is C15H23NO3S. The van der Waals surface area contributed by atoms with Crippen molar-refractivity contribution < 1.29 is 12.8 Å². The van der Waals surface area contributed by atoms with Gasteiger partial charge in [-0.25, -0.2) is 8.42 Å². The number of aryl methyl sites for hydroxylation is 1. The molecule has 1 saturated heterocycles. The van der Waals surface area contributed by atoms with Gasteiger partial charge in [0.1, 0.15) is 11.5 Å². The molecule has 0 aromatic carbocycles. The quantitative estimate of drug-likeness (QED) is 0.857. The van der Waals surface area contributed by atoms with Crippen molar-refractivity contribution in [1.82, 2.24) is 4.31 Å². The summed E-state index contributed by atoms with van der Waals surface area (Å²) in [5.74, 6) is 2.35. The Kier molecular flexibility index (Phi) is 3.91. The molecule has 20 heavy (non-hydrogen) atoms. The number of rotatable bonds is 4. The molecule has 4 nitrogen and oxygen atoms in total. The molecule has 112 valence electrons. The van der Waals surface area contributed by atoms with Crippen LogP contribution >= 0.6 is 0 Å². The lowest BCUT2D eigenvalue weighted by Gasteiger charge is -2.35. The van der Waals surface area contributed by atoms with E-state index in [2.05, 4.69) is 0 Å². The molecule has 0 radical (unpaired) electrons. The van der Waals surface area contributed by atoms with Crippen molar-refractivity contribution in [3.8, 4) is 0 Å². The van der Waals surface area contributed by atoms with Crippen LogP contribution in [0, 0.1) is 12.8 Å². The number of hydrogen-bond donors (Lipinski definition) is 0. The molecule has 0 spiro atoms. The lowest BCUT2D eigenvalue weighted by atomic mass is 9.87. The first kappa shape index (κ1) is 14.1. The third-order valence-corrected chi connectivity index (χ3v) is 6.62. The number of sulfonamides is 1. The SMILES string of the molecule is Cc1ccc(C2CCCCN2S(=O)(=O)CC2CCC2)o1. The number of piperidine rings is 1. The second-order valence-corrected chi connectivity index (χ2v) is 8.11. The molecule has 2 aliphatic rings. The van der Waals surface area contributed by atoms with Crippen LogP contribution in [0.5, 0.6) is 0 Å². The summed E-state index contributed by atoms with van der Waals surface area (Å²) in [5, 5.41) is 0. The molecule has 1 saturated carbocycles. The summed E-state index contributed by atoms with van der Waals surface area (Å²) in [5.41, 5.74) is 0. The molecule has 0 bridgehead atoms. The van der Waals surface area contributed by atoms with Crippen LogP contribution in [0.25, 0.3) is 0 Å². The highest BCUT2D eigenvalue weighted by atomic mass is 32.2. The van der Waals surface area contributed by atoms with E-state index in [0.29, 0.717) is 18.2 Å². The van der Waals surface area contributed by atoms with Gasteiger partial charge in [0.25, 0.3) is 0 Å². The predicted molar refractivity (Wildman–Crippen MR) is 77.9 cm³/mol. The largest absolute Gasteiger partial charge is 0.465 e. The van der Waals surface area contributed by atoms with E-state index >= 15 is 0 Å². The second-order valence-electron chi connectivity index (χ2n) is 6.15. The number of nitrogens with zero attached hydrogens (tertiary/aromatic N) is 1. The zero-order valence-corrected chi connectivity index (χ0v) is 12.9. The molecule has 1 aliphatic heterocycles. The van der Waals surface area contributed by atoms with E-state index in [1.165, 1.54) is 6.42 Å². The van der Waals surface area contributed by atoms with E-state index in [1.54, 1.807) is 4.31 Å². The fraction of sp³-hybridized carbons (Fsp3) is 0.733. The van der Waals surface area contributed by atoms with Crippen LogP contribution in [0.2, 0.25) is 0 Å². The van der Waals surface area contributed by atoms with Gasteiger partial charge in [-0.15, -0.1) is 0 Å². The van der Waals surface area contributed by atoms with Crippen LogP contribution in [0.15, 0.2) is 16.5 Å². The molecule has 1 atom stereocenters. The summed E-state index contributed by atoms with van der Waals surface area (Å²) in [7, 11) is -3.16. The molecular weight excluding hydrogens is 274 g/mol. The lowest BCUT2D eigenvalue weighted by Crippen LogP contribution is -2.41. The Morgan fingerprint density at radius 2 is 2.00 bits per heavy atom. The maximum Gasteiger partial charge on any atom is 0.215 e. The fourth-order valence-corrected chi connectivity index (χ4v) is 5.33. The van der Waals surface area contributed by atoms with E-state index in [0.717, 1.165) is 43.6 Å². The van der Waals surface area contributed by atoms with Gasteiger partial charge in [-0.2, -0.15) is 4.31 Å². The molecule has 2 fully saturated rings. The van der Waals surface area contributed by atoms with Gasteiger partial charge in [0.2, 0.25) is 10.0 Å². The van der Waals surface area contributed by atoms with Gasteiger partial charge in [0.05, 0.1) is 11.8 Å². The van der Waals surface area contributed by atoms with Gasteiger partial charge in [-0.1, -0.05) is 12.8 Å². The zero-order chi connectivity index (χ0) is 14.2. The van der Waals surface area contributed by atoms with Crippen molar-refractivity contribution in [2.75, 3.05) is 12.3 Å². The Hall–Kier alpha value is -0.810. The van der Waals surface area contributed by atoms with E-state index in [9.17, 15) is 8.42 Å². The molecule has 1 unspecified atom stereocenters. The Morgan fingerprint density at radius 1 is 1.20 bits per heavy atom. The van der Waals surface area contributed by atoms with E-state index in [4.69, 9.17) is 4.42 Å². The van der Waals surface area contributed by atoms with Crippen molar-refractivity contribution in [3.05, 3.63) is 23.7 Å². The molecule has 1 aromatic rings. The molecule has 3 rings (SSSR count). The van der Waals surface area contributed by atoms with Crippen molar-refractivity contribution >= 4 is 10.0 Å². The third-order valence-electron chi connectivity index (χ3n) is 4.57. The molecule has 0 N–H and O–H groups in total. The van der Waals surface area contributed by atoms with Gasteiger partial charge in [0.15, 0.2) is 0 Å². The zero-order valence-electron chi connectivity index (χ0n) is 12.0. The first-order valence-electron chi connectivity index (χ1n) is 7.62. The van der Waals surface area contributed by atoms with Crippen molar-refractivity contribution in [3.63, 3.8) is 0 Å². The van der Waals surface area contributed by atoms with Crippen LogP contribution in [-0.2, 0) is 10.0 Å². The fourth-order valence-electron chi connectivity index (χ4n) is 3.21. The van der Waals surface area contributed by atoms with Crippen molar-refractivity contribution in [2.45, 2.75) is 51.5 Å². The topological polar surface area (TPSA) is 50.5 Å². The smallest absolute Gasteiger partial charge is 0.215 e. The summed E-state index contributed by atoms with van der Waals surface area (Å²) in [6, 6.07) is 3.75. The Morgan fingerprint density at radius 3 is 2.60 bits per heavy atom. The monoisotopic (exact) mass is 297 g/mol. The highest BCUT2D eigenvalue weighted by molar-refractivity contribution is 7.89. The van der Waals surface area contributed by atoms with E-state index in [-0.39, 0.29) is 6.04 Å². The normalized spacial score (nSPS) is 25.6. The first-order valence-corrected chi connectivity index (χ1v) is 9.23. The van der Waals surface area contributed by atoms with E-state index < -0.39 is 10.0 Å². The summed E-state index contributed by atoms with van der Waals surface area (Å²) in [6.45, 7) is 2.54. The maximum atomic E-state index is 12.7. The minimum Gasteiger partial charge on any atom is -0.465 e. The Bertz CT molecular complexity index is 559. The van der Waals surface area contributed by atoms with Crippen LogP contribution in [0.3, 0.4) is 0 Å². The lowest BCUT2D eigenvalue weighted by molar-refractivity contribution is 0.220. The molecule has 1 aromatic heterocycles. The summed E-state index contributed by atoms with van der Waals surface area (Å²) in [6.07, 6.45) is 6.22. The van der Waals surface area contributed by atoms with Crippen LogP contribution in [-0.4, -0.2) is 25.0 Å². The summed E-state index contributed by atoms with van der Waals surface area (Å²) >= 11 is 0. The standard InChI is InChI=1S/C15H23NO3S/c1-12-8-9-15(19-12)14-7-2-3-10-16(14)20(17,18)11-13-5-4-6-13/h8-9,13-14H,2-7,10-11H2,1H3. The third kappa shape index (κ3) is 2.79. The maximum absolute atomic E-state index is 12.7. The van der Waals surface area contributed by atoms with Crippen LogP contribution in [0.4, 0.5) is 0 Å². The highest BCUT2D eigenvalue weighted by Gasteiger charge is 2.37. The summed E-state index contributed by atoms with van der Waals surface area (Å²) in [4.78, 5) is 0. The Balaban J connectivity index is 1.80. The van der Waals surface area contributed by atoms with Crippen molar-refractivity contribution in [1.29, 1.82) is 0 Å². The van der Waals surface area contributed by atoms with Gasteiger partial charge in [0, 0.05) is 6.54 Å². The average molecular weight is 297 g/mol. The highest BCUT2D eigenvalue weighted by Crippen LogP contribution is 2.36. The van der Waals surface area contributed by atoms with Gasteiger partial charge < -0.3 is 4.42 Å². The minimum atomic E-state index is -3.16. The molecule has 1 aliphatic carbocycles. The van der Waals surface area contributed by atoms with E-state index in [1.807, 2.05) is 19.1 Å². The van der Waals surface area contributed by atoms with Crippen LogP contribution < -0.4 is 0 Å². The van der Waals surface area contributed by atoms with Gasteiger partial charge in [-0.3, -0.25) is 0 Å². The molecule has 5 heteroatoms. The molecule has 0 amide bonds. The van der Waals surface area contributed by atoms with Gasteiger partial charge in [-0.05, 0) is 50.7 Å². The predicted octanol–water partition coefficient (Wildman–Crippen LogP) is 3.24. The number of furan rings is 1. The molecule has 2 heterocycles. The van der Waals surface area contributed by atoms with Crippen LogP contribution in [0.1, 0.15) is 56.1 Å². The number of hydrogen-bond acceptors (Lipinski definition) is 3.